The Hall–Kier alpha value is -0.640. The Morgan fingerprint density at radius 2 is 1.96 bits per heavy atom. The van der Waals surface area contributed by atoms with Gasteiger partial charge in [0.15, 0.2) is 0 Å². The topological polar surface area (TPSA) is 37.4 Å². The molecular weight excluding hydrogens is 378 g/mol. The van der Waals surface area contributed by atoms with E-state index >= 15 is 0 Å². The normalized spacial score (nSPS) is 48.7. The molecule has 1 amide bonds. The van der Waals surface area contributed by atoms with Crippen molar-refractivity contribution in [3.8, 4) is 0 Å². The maximum Gasteiger partial charge on any atom is 0.246 e. The monoisotopic (exact) mass is 407 g/mol. The predicted molar refractivity (Wildman–Crippen MR) is 102 cm³/mol. The zero-order valence-corrected chi connectivity index (χ0v) is 17.2. The van der Waals surface area contributed by atoms with Gasteiger partial charge in [-0.2, -0.15) is 0 Å². The molecule has 4 heteroatoms. The third-order valence-corrected chi connectivity index (χ3v) is 9.20. The lowest BCUT2D eigenvalue weighted by Gasteiger charge is -2.60. The van der Waals surface area contributed by atoms with Crippen LogP contribution in [0.3, 0.4) is 0 Å². The summed E-state index contributed by atoms with van der Waals surface area (Å²) in [4.78, 5) is 26.6. The molecule has 1 aliphatic heterocycles. The molecule has 0 bridgehead atoms. The van der Waals surface area contributed by atoms with Crippen molar-refractivity contribution in [1.29, 1.82) is 0 Å². The first-order chi connectivity index (χ1) is 11.8. The van der Waals surface area contributed by atoms with Gasteiger partial charge >= 0.3 is 0 Å². The number of Topliss-reactive ketones (excluding diaryl/α,β-unsaturated/α-hetero) is 1. The molecule has 3 aliphatic carbocycles. The van der Waals surface area contributed by atoms with Gasteiger partial charge in [0.05, 0.1) is 5.33 Å². The van der Waals surface area contributed by atoms with E-state index in [1.165, 1.54) is 19.3 Å². The highest BCUT2D eigenvalue weighted by Crippen LogP contribution is 2.65. The average molecular weight is 408 g/mol. The van der Waals surface area contributed by atoms with E-state index in [0.717, 1.165) is 19.3 Å². The van der Waals surface area contributed by atoms with Crippen LogP contribution >= 0.6 is 15.9 Å². The number of carbonyl (C=O) groups is 2. The summed E-state index contributed by atoms with van der Waals surface area (Å²) >= 11 is 3.40. The molecule has 0 saturated heterocycles. The van der Waals surface area contributed by atoms with Gasteiger partial charge in [-0.25, -0.2) is 0 Å². The Morgan fingerprint density at radius 1 is 1.20 bits per heavy atom. The highest BCUT2D eigenvalue weighted by atomic mass is 79.9. The Labute approximate surface area is 159 Å². The van der Waals surface area contributed by atoms with E-state index in [0.29, 0.717) is 34.9 Å². The molecule has 138 valence electrons. The minimum atomic E-state index is 0.102. The van der Waals surface area contributed by atoms with Crippen LogP contribution in [0.25, 0.3) is 0 Å². The van der Waals surface area contributed by atoms with Crippen molar-refractivity contribution < 1.29 is 9.59 Å². The smallest absolute Gasteiger partial charge is 0.246 e. The maximum atomic E-state index is 12.5. The van der Waals surface area contributed by atoms with Crippen LogP contribution in [0.15, 0.2) is 12.2 Å². The van der Waals surface area contributed by atoms with Crippen molar-refractivity contribution in [3.63, 3.8) is 0 Å². The van der Waals surface area contributed by atoms with Crippen molar-refractivity contribution in [2.24, 2.45) is 34.5 Å². The average Bonchev–Trinajstić information content (AvgIpc) is 2.95. The van der Waals surface area contributed by atoms with E-state index < -0.39 is 0 Å². The van der Waals surface area contributed by atoms with Gasteiger partial charge in [0.2, 0.25) is 5.91 Å². The highest BCUT2D eigenvalue weighted by molar-refractivity contribution is 9.09. The molecule has 1 heterocycles. The maximum absolute atomic E-state index is 12.5. The molecule has 0 aromatic rings. The Bertz CT molecular complexity index is 631. The van der Waals surface area contributed by atoms with Crippen LogP contribution in [0.1, 0.15) is 52.4 Å². The minimum absolute atomic E-state index is 0.102. The number of alkyl halides is 1. The van der Waals surface area contributed by atoms with Gasteiger partial charge in [-0.1, -0.05) is 35.9 Å². The first kappa shape index (κ1) is 17.8. The lowest BCUT2D eigenvalue weighted by Crippen LogP contribution is -2.59. The standard InChI is InChI=1S/C21H30BrNO2/c1-20-10-8-15-13(14(20)5-6-16(20)17(24)12-22)4-7-18-21(15,2)11-9-19(25)23(18)3/h9,11,13-16,18H,4-8,10,12H2,1-3H3/t13-,14-,15-,16+,18?,20-,21+/m0/s1. The Kier molecular flexibility index (Phi) is 4.22. The summed E-state index contributed by atoms with van der Waals surface area (Å²) in [5.74, 6) is 2.84. The molecule has 0 radical (unpaired) electrons. The van der Waals surface area contributed by atoms with E-state index in [2.05, 4.69) is 35.9 Å². The molecule has 25 heavy (non-hydrogen) atoms. The Morgan fingerprint density at radius 3 is 2.68 bits per heavy atom. The van der Waals surface area contributed by atoms with Crippen LogP contribution in [-0.2, 0) is 9.59 Å². The first-order valence-corrected chi connectivity index (χ1v) is 11.0. The molecule has 4 rings (SSSR count). The number of amides is 1. The third kappa shape index (κ3) is 2.35. The van der Waals surface area contributed by atoms with E-state index in [1.54, 1.807) is 6.08 Å². The van der Waals surface area contributed by atoms with Crippen LogP contribution in [0.2, 0.25) is 0 Å². The van der Waals surface area contributed by atoms with Gasteiger partial charge in [-0.3, -0.25) is 9.59 Å². The second-order valence-electron chi connectivity index (χ2n) is 9.39. The largest absolute Gasteiger partial charge is 0.338 e. The number of carbonyl (C=O) groups excluding carboxylic acids is 2. The van der Waals surface area contributed by atoms with Crippen LogP contribution < -0.4 is 0 Å². The number of likely N-dealkylation sites (N-methyl/N-ethyl adjacent to an activating group) is 1. The van der Waals surface area contributed by atoms with Crippen molar-refractivity contribution in [3.05, 3.63) is 12.2 Å². The number of halogens is 1. The Balaban J connectivity index is 1.65. The van der Waals surface area contributed by atoms with Crippen LogP contribution in [-0.4, -0.2) is 35.0 Å². The summed E-state index contributed by atoms with van der Waals surface area (Å²) in [6, 6.07) is 0.344. The number of rotatable bonds is 2. The fourth-order valence-corrected chi connectivity index (χ4v) is 7.75. The van der Waals surface area contributed by atoms with Gasteiger partial charge in [0, 0.05) is 24.4 Å². The number of fused-ring (bicyclic) bond motifs is 5. The molecule has 3 fully saturated rings. The molecule has 7 atom stereocenters. The second-order valence-corrected chi connectivity index (χ2v) is 9.95. The molecule has 0 aromatic carbocycles. The zero-order valence-electron chi connectivity index (χ0n) is 15.6. The van der Waals surface area contributed by atoms with E-state index in [9.17, 15) is 9.59 Å². The van der Waals surface area contributed by atoms with Gasteiger partial charge < -0.3 is 4.90 Å². The SMILES string of the molecule is CN1C(=O)C=C[C@@]2(C)C1CC[C@H]1[C@@H]3CC[C@H](C(=O)CBr)[C@@]3(C)CC[C@@H]12. The van der Waals surface area contributed by atoms with Crippen molar-refractivity contribution in [2.45, 2.75) is 58.4 Å². The van der Waals surface area contributed by atoms with E-state index in [4.69, 9.17) is 0 Å². The van der Waals surface area contributed by atoms with Crippen molar-refractivity contribution in [2.75, 3.05) is 12.4 Å². The number of hydrogen-bond donors (Lipinski definition) is 0. The number of hydrogen-bond acceptors (Lipinski definition) is 2. The summed E-state index contributed by atoms with van der Waals surface area (Å²) < 4.78 is 0. The highest BCUT2D eigenvalue weighted by Gasteiger charge is 2.61. The van der Waals surface area contributed by atoms with Gasteiger partial charge in [0.25, 0.3) is 0 Å². The molecule has 3 nitrogen and oxygen atoms in total. The molecule has 3 saturated carbocycles. The molecule has 4 aliphatic rings. The minimum Gasteiger partial charge on any atom is -0.338 e. The van der Waals surface area contributed by atoms with Crippen molar-refractivity contribution in [1.82, 2.24) is 4.90 Å². The molecule has 0 spiro atoms. The third-order valence-electron chi connectivity index (χ3n) is 8.65. The zero-order chi connectivity index (χ0) is 18.0. The summed E-state index contributed by atoms with van der Waals surface area (Å²) in [5, 5.41) is 0.503. The molecule has 0 aromatic heterocycles. The number of nitrogens with zero attached hydrogens (tertiary/aromatic N) is 1. The predicted octanol–water partition coefficient (Wildman–Crippen LogP) is 4.21. The summed E-state index contributed by atoms with van der Waals surface area (Å²) in [7, 11) is 1.97. The van der Waals surface area contributed by atoms with Crippen molar-refractivity contribution >= 4 is 27.6 Å². The van der Waals surface area contributed by atoms with Gasteiger partial charge in [-0.05, 0) is 67.8 Å². The first-order valence-electron chi connectivity index (χ1n) is 9.87. The van der Waals surface area contributed by atoms with E-state index in [1.807, 2.05) is 11.9 Å². The molecular formula is C21H30BrNO2. The summed E-state index contributed by atoms with van der Waals surface area (Å²) in [5.41, 5.74) is 0.291. The summed E-state index contributed by atoms with van der Waals surface area (Å²) in [6.07, 6.45) is 11.0. The summed E-state index contributed by atoms with van der Waals surface area (Å²) in [6.45, 7) is 4.78. The second kappa shape index (κ2) is 5.94. The fourth-order valence-electron chi connectivity index (χ4n) is 7.36. The number of ketones is 1. The van der Waals surface area contributed by atoms with E-state index in [-0.39, 0.29) is 22.7 Å². The molecule has 1 unspecified atom stereocenters. The lowest BCUT2D eigenvalue weighted by atomic mass is 9.47. The fraction of sp³-hybridized carbons (Fsp3) is 0.810. The van der Waals surface area contributed by atoms with Gasteiger partial charge in [-0.15, -0.1) is 0 Å². The van der Waals surface area contributed by atoms with Crippen LogP contribution in [0.4, 0.5) is 0 Å². The molecule has 0 N–H and O–H groups in total. The lowest BCUT2D eigenvalue weighted by molar-refractivity contribution is -0.141. The van der Waals surface area contributed by atoms with Crippen LogP contribution in [0.5, 0.6) is 0 Å². The van der Waals surface area contributed by atoms with Gasteiger partial charge in [0.1, 0.15) is 5.78 Å². The quantitative estimate of drug-likeness (QED) is 0.642. The van der Waals surface area contributed by atoms with Crippen LogP contribution in [0, 0.1) is 34.5 Å².